The van der Waals surface area contributed by atoms with Gasteiger partial charge in [-0.05, 0) is 36.1 Å². The van der Waals surface area contributed by atoms with Crippen LogP contribution in [0, 0.1) is 0 Å². The molecular formula is C19H21N3O4. The minimum Gasteiger partial charge on any atom is -0.465 e. The Hall–Kier alpha value is -3.22. The van der Waals surface area contributed by atoms with Crippen molar-refractivity contribution in [2.24, 2.45) is 0 Å². The van der Waals surface area contributed by atoms with Crippen molar-refractivity contribution in [1.82, 2.24) is 9.88 Å². The van der Waals surface area contributed by atoms with Crippen molar-refractivity contribution < 1.29 is 19.4 Å². The molecule has 7 nitrogen and oxygen atoms in total. The van der Waals surface area contributed by atoms with Crippen LogP contribution in [0.25, 0.3) is 16.8 Å². The molecule has 0 bridgehead atoms. The maximum atomic E-state index is 11.9. The lowest BCUT2D eigenvalue weighted by molar-refractivity contribution is 0.0521. The van der Waals surface area contributed by atoms with Crippen molar-refractivity contribution >= 4 is 23.3 Å². The van der Waals surface area contributed by atoms with Gasteiger partial charge in [0.15, 0.2) is 0 Å². The fourth-order valence-electron chi connectivity index (χ4n) is 2.97. The molecule has 1 aliphatic rings. The average Bonchev–Trinajstić information content (AvgIpc) is 3.04. The third kappa shape index (κ3) is 3.56. The van der Waals surface area contributed by atoms with Crippen LogP contribution in [0.4, 0.5) is 10.5 Å². The zero-order valence-electron chi connectivity index (χ0n) is 14.5. The van der Waals surface area contributed by atoms with Crippen LogP contribution in [0.5, 0.6) is 0 Å². The molecule has 0 saturated carbocycles. The molecule has 0 saturated heterocycles. The van der Waals surface area contributed by atoms with Gasteiger partial charge in [0.1, 0.15) is 5.69 Å². The van der Waals surface area contributed by atoms with Crippen molar-refractivity contribution in [2.75, 3.05) is 25.4 Å². The van der Waals surface area contributed by atoms with Gasteiger partial charge in [-0.1, -0.05) is 30.3 Å². The van der Waals surface area contributed by atoms with Crippen LogP contribution < -0.4 is 5.73 Å². The highest BCUT2D eigenvalue weighted by molar-refractivity contribution is 5.95. The van der Waals surface area contributed by atoms with Gasteiger partial charge in [0, 0.05) is 18.8 Å². The van der Waals surface area contributed by atoms with Gasteiger partial charge in [-0.25, -0.2) is 9.59 Å². The molecule has 0 fully saturated rings. The van der Waals surface area contributed by atoms with Crippen LogP contribution in [0.1, 0.15) is 29.4 Å². The number of aromatic amines is 1. The van der Waals surface area contributed by atoms with E-state index >= 15 is 0 Å². The third-order valence-corrected chi connectivity index (χ3v) is 4.37. The first-order valence-electron chi connectivity index (χ1n) is 8.43. The summed E-state index contributed by atoms with van der Waals surface area (Å²) in [7, 11) is 0. The van der Waals surface area contributed by atoms with E-state index in [-0.39, 0.29) is 12.3 Å². The van der Waals surface area contributed by atoms with E-state index < -0.39 is 12.1 Å². The van der Waals surface area contributed by atoms with Crippen molar-refractivity contribution in [1.29, 1.82) is 0 Å². The molecular weight excluding hydrogens is 334 g/mol. The number of nitrogen functional groups attached to an aromatic ring is 1. The molecule has 4 N–H and O–H groups in total. The number of hydrogen-bond donors (Lipinski definition) is 3. The maximum Gasteiger partial charge on any atom is 0.407 e. The van der Waals surface area contributed by atoms with E-state index in [1.165, 1.54) is 4.90 Å². The van der Waals surface area contributed by atoms with Crippen LogP contribution >= 0.6 is 0 Å². The molecule has 1 aromatic carbocycles. The predicted molar refractivity (Wildman–Crippen MR) is 98.8 cm³/mol. The summed E-state index contributed by atoms with van der Waals surface area (Å²) in [4.78, 5) is 27.2. The summed E-state index contributed by atoms with van der Waals surface area (Å²) in [5.41, 5.74) is 10.3. The summed E-state index contributed by atoms with van der Waals surface area (Å²) in [5.74, 6) is -0.469. The predicted octanol–water partition coefficient (Wildman–Crippen LogP) is 3.21. The fourth-order valence-corrected chi connectivity index (χ4v) is 2.97. The number of nitrogens with two attached hydrogens (primary N) is 1. The number of amides is 1. The summed E-state index contributed by atoms with van der Waals surface area (Å²) in [5, 5.41) is 9.00. The molecule has 136 valence electrons. The summed E-state index contributed by atoms with van der Waals surface area (Å²) >= 11 is 0. The van der Waals surface area contributed by atoms with Gasteiger partial charge < -0.3 is 25.5 Å². The molecule has 1 aliphatic heterocycles. The first kappa shape index (κ1) is 17.6. The summed E-state index contributed by atoms with van der Waals surface area (Å²) in [6.07, 6.45) is 1.74. The van der Waals surface area contributed by atoms with Gasteiger partial charge in [-0.15, -0.1) is 0 Å². The number of carboxylic acid groups (broad SMARTS) is 1. The van der Waals surface area contributed by atoms with E-state index in [0.29, 0.717) is 25.2 Å². The van der Waals surface area contributed by atoms with Gasteiger partial charge in [0.05, 0.1) is 12.3 Å². The molecule has 0 radical (unpaired) electrons. The third-order valence-electron chi connectivity index (χ3n) is 4.37. The molecule has 0 unspecified atom stereocenters. The van der Waals surface area contributed by atoms with Crippen LogP contribution in [0.2, 0.25) is 0 Å². The van der Waals surface area contributed by atoms with Gasteiger partial charge >= 0.3 is 12.1 Å². The normalized spacial score (nSPS) is 14.0. The molecule has 7 heteroatoms. The molecule has 2 heterocycles. The first-order chi connectivity index (χ1) is 12.5. The molecule has 1 aromatic heterocycles. The second-order valence-electron chi connectivity index (χ2n) is 6.02. The van der Waals surface area contributed by atoms with Crippen LogP contribution in [-0.4, -0.2) is 46.7 Å². The minimum atomic E-state index is -0.891. The number of carbonyl (C=O) groups excluding carboxylic acids is 1. The molecule has 1 amide bonds. The Morgan fingerprint density at radius 2 is 1.96 bits per heavy atom. The van der Waals surface area contributed by atoms with Crippen LogP contribution in [-0.2, 0) is 4.74 Å². The number of benzene rings is 1. The molecule has 0 aliphatic carbocycles. The van der Waals surface area contributed by atoms with Gasteiger partial charge in [-0.3, -0.25) is 0 Å². The monoisotopic (exact) mass is 355 g/mol. The molecule has 26 heavy (non-hydrogen) atoms. The smallest absolute Gasteiger partial charge is 0.407 e. The van der Waals surface area contributed by atoms with Gasteiger partial charge in [0.25, 0.3) is 0 Å². The lowest BCUT2D eigenvalue weighted by Crippen LogP contribution is -2.33. The largest absolute Gasteiger partial charge is 0.465 e. The number of H-pyrrole nitrogens is 1. The molecule has 2 aromatic rings. The number of hydrogen-bond acceptors (Lipinski definition) is 4. The minimum absolute atomic E-state index is 0.259. The average molecular weight is 355 g/mol. The number of rotatable bonds is 4. The Balaban J connectivity index is 1.77. The number of nitrogens with one attached hydrogen (secondary N) is 1. The number of nitrogens with zero attached hydrogens (tertiary/aromatic N) is 1. The maximum absolute atomic E-state index is 11.9. The lowest BCUT2D eigenvalue weighted by Gasteiger charge is -2.23. The SMILES string of the molecule is CCOC(=O)c1[nH]c(-c2ccc(C3=CCN(C(=O)O)CC3)cc2)cc1N. The van der Waals surface area contributed by atoms with Gasteiger partial charge in [-0.2, -0.15) is 0 Å². The summed E-state index contributed by atoms with van der Waals surface area (Å²) < 4.78 is 4.98. The van der Waals surface area contributed by atoms with Crippen molar-refractivity contribution in [2.45, 2.75) is 13.3 Å². The molecule has 3 rings (SSSR count). The topological polar surface area (TPSA) is 109 Å². The van der Waals surface area contributed by atoms with E-state index in [0.717, 1.165) is 22.4 Å². The number of esters is 1. The van der Waals surface area contributed by atoms with E-state index in [1.54, 1.807) is 13.0 Å². The Morgan fingerprint density at radius 1 is 1.27 bits per heavy atom. The fraction of sp³-hybridized carbons (Fsp3) is 0.263. The highest BCUT2D eigenvalue weighted by atomic mass is 16.5. The summed E-state index contributed by atoms with van der Waals surface area (Å²) in [6.45, 7) is 2.93. The lowest BCUT2D eigenvalue weighted by atomic mass is 9.98. The highest BCUT2D eigenvalue weighted by Crippen LogP contribution is 2.28. The second kappa shape index (κ2) is 7.35. The van der Waals surface area contributed by atoms with Crippen LogP contribution in [0.3, 0.4) is 0 Å². The van der Waals surface area contributed by atoms with E-state index in [9.17, 15) is 9.59 Å². The van der Waals surface area contributed by atoms with Crippen molar-refractivity contribution in [3.63, 3.8) is 0 Å². The Morgan fingerprint density at radius 3 is 2.54 bits per heavy atom. The van der Waals surface area contributed by atoms with Gasteiger partial charge in [0.2, 0.25) is 0 Å². The Bertz CT molecular complexity index is 852. The molecule has 0 atom stereocenters. The zero-order chi connectivity index (χ0) is 18.7. The number of aromatic nitrogens is 1. The standard InChI is InChI=1S/C19H21N3O4/c1-2-26-18(23)17-15(20)11-16(21-17)14-5-3-12(4-6-14)13-7-9-22(10-8-13)19(24)25/h3-7,11,21H,2,8-10,20H2,1H3,(H,24,25). The summed E-state index contributed by atoms with van der Waals surface area (Å²) in [6, 6.07) is 9.57. The Labute approximate surface area is 151 Å². The molecule has 0 spiro atoms. The Kier molecular flexibility index (Phi) is 4.97. The highest BCUT2D eigenvalue weighted by Gasteiger charge is 2.18. The van der Waals surface area contributed by atoms with Crippen LogP contribution in [0.15, 0.2) is 36.4 Å². The zero-order valence-corrected chi connectivity index (χ0v) is 14.5. The number of ether oxygens (including phenoxy) is 1. The van der Waals surface area contributed by atoms with E-state index in [4.69, 9.17) is 15.6 Å². The van der Waals surface area contributed by atoms with E-state index in [1.807, 2.05) is 30.3 Å². The van der Waals surface area contributed by atoms with E-state index in [2.05, 4.69) is 4.98 Å². The quantitative estimate of drug-likeness (QED) is 0.730. The van der Waals surface area contributed by atoms with Crippen molar-refractivity contribution in [3.05, 3.63) is 47.7 Å². The second-order valence-corrected chi connectivity index (χ2v) is 6.02. The number of carbonyl (C=O) groups is 2. The number of anilines is 1. The first-order valence-corrected chi connectivity index (χ1v) is 8.43. The van der Waals surface area contributed by atoms with Crippen molar-refractivity contribution in [3.8, 4) is 11.3 Å².